The molecule has 3 aromatic rings. The molecule has 0 fully saturated rings. The summed E-state index contributed by atoms with van der Waals surface area (Å²) in [6.45, 7) is 2.45. The van der Waals surface area contributed by atoms with Crippen LogP contribution in [0.2, 0.25) is 0 Å². The number of hydrogen-bond acceptors (Lipinski definition) is 1. The monoisotopic (exact) mass is 221 g/mol. The molecule has 0 saturated carbocycles. The smallest absolute Gasteiger partial charge is 0.183 e. The second-order valence-electron chi connectivity index (χ2n) is 3.63. The lowest BCUT2D eigenvalue weighted by Crippen LogP contribution is -1.96. The Morgan fingerprint density at radius 3 is 2.94 bits per heavy atom. The molecule has 1 N–H and O–H groups in total. The predicted octanol–water partition coefficient (Wildman–Crippen LogP) is 2.82. The summed E-state index contributed by atoms with van der Waals surface area (Å²) in [4.78, 5) is 0. The van der Waals surface area contributed by atoms with Crippen molar-refractivity contribution in [2.45, 2.75) is 13.5 Å². The van der Waals surface area contributed by atoms with Crippen LogP contribution >= 0.6 is 0 Å². The molecule has 0 bridgehead atoms. The van der Waals surface area contributed by atoms with E-state index in [1.165, 1.54) is 0 Å². The standard InChI is InChI=1S/C11H9F2N3/c1-2-16-8-5-14-15-10(8)6-3-4-7(12)9(13)11(6)16/h3-5H,2H2,1H3,(H,14,15). The molecule has 3 nitrogen and oxygen atoms in total. The van der Waals surface area contributed by atoms with Gasteiger partial charge in [-0.25, -0.2) is 8.78 Å². The van der Waals surface area contributed by atoms with Crippen LogP contribution in [0.4, 0.5) is 8.78 Å². The first-order valence-corrected chi connectivity index (χ1v) is 5.03. The summed E-state index contributed by atoms with van der Waals surface area (Å²) in [6, 6.07) is 2.71. The molecule has 3 rings (SSSR count). The summed E-state index contributed by atoms with van der Waals surface area (Å²) in [5.74, 6) is -1.63. The Balaban J connectivity index is 2.62. The number of H-pyrrole nitrogens is 1. The van der Waals surface area contributed by atoms with Gasteiger partial charge in [0.05, 0.1) is 22.7 Å². The second-order valence-corrected chi connectivity index (χ2v) is 3.63. The molecule has 5 heteroatoms. The summed E-state index contributed by atoms with van der Waals surface area (Å²) < 4.78 is 28.6. The second kappa shape index (κ2) is 3.04. The van der Waals surface area contributed by atoms with E-state index in [1.54, 1.807) is 16.8 Å². The van der Waals surface area contributed by atoms with Crippen molar-refractivity contribution in [2.75, 3.05) is 0 Å². The van der Waals surface area contributed by atoms with Gasteiger partial charge in [0.1, 0.15) is 0 Å². The third-order valence-electron chi connectivity index (χ3n) is 2.83. The summed E-state index contributed by atoms with van der Waals surface area (Å²) in [6.07, 6.45) is 1.62. The first-order chi connectivity index (χ1) is 7.74. The van der Waals surface area contributed by atoms with Crippen molar-refractivity contribution in [3.05, 3.63) is 30.0 Å². The Labute approximate surface area is 89.7 Å². The molecule has 0 aliphatic carbocycles. The molecule has 0 aliphatic heterocycles. The number of aromatic amines is 1. The Kier molecular flexibility index (Phi) is 1.77. The maximum Gasteiger partial charge on any atom is 0.183 e. The van der Waals surface area contributed by atoms with Gasteiger partial charge >= 0.3 is 0 Å². The summed E-state index contributed by atoms with van der Waals surface area (Å²) >= 11 is 0. The lowest BCUT2D eigenvalue weighted by Gasteiger charge is -2.02. The molecule has 0 unspecified atom stereocenters. The Bertz CT molecular complexity index is 681. The fourth-order valence-electron chi connectivity index (χ4n) is 2.14. The number of aryl methyl sites for hydroxylation is 1. The van der Waals surface area contributed by atoms with E-state index in [4.69, 9.17) is 0 Å². The van der Waals surface area contributed by atoms with Crippen molar-refractivity contribution in [1.82, 2.24) is 14.8 Å². The van der Waals surface area contributed by atoms with E-state index in [9.17, 15) is 8.78 Å². The van der Waals surface area contributed by atoms with Gasteiger partial charge in [0, 0.05) is 11.9 Å². The number of fused-ring (bicyclic) bond motifs is 3. The van der Waals surface area contributed by atoms with Crippen LogP contribution in [-0.2, 0) is 6.54 Å². The lowest BCUT2D eigenvalue weighted by molar-refractivity contribution is 0.512. The normalized spacial score (nSPS) is 11.7. The molecule has 16 heavy (non-hydrogen) atoms. The molecule has 2 aromatic heterocycles. The molecular formula is C11H9F2N3. The molecule has 0 saturated heterocycles. The molecule has 82 valence electrons. The van der Waals surface area contributed by atoms with Gasteiger partial charge in [-0.3, -0.25) is 5.10 Å². The maximum atomic E-state index is 13.7. The van der Waals surface area contributed by atoms with Crippen molar-refractivity contribution >= 4 is 21.9 Å². The van der Waals surface area contributed by atoms with Gasteiger partial charge in [-0.15, -0.1) is 0 Å². The Morgan fingerprint density at radius 2 is 2.19 bits per heavy atom. The minimum absolute atomic E-state index is 0.297. The number of rotatable bonds is 1. The van der Waals surface area contributed by atoms with Gasteiger partial charge in [0.15, 0.2) is 11.6 Å². The van der Waals surface area contributed by atoms with Crippen LogP contribution in [-0.4, -0.2) is 14.8 Å². The SMILES string of the molecule is CCn1c2cn[nH]c2c2ccc(F)c(F)c21. The van der Waals surface area contributed by atoms with E-state index >= 15 is 0 Å². The first kappa shape index (κ1) is 9.33. The quantitative estimate of drug-likeness (QED) is 0.673. The highest BCUT2D eigenvalue weighted by Crippen LogP contribution is 2.29. The zero-order valence-corrected chi connectivity index (χ0v) is 8.59. The minimum atomic E-state index is -0.824. The van der Waals surface area contributed by atoms with Crippen LogP contribution in [0.3, 0.4) is 0 Å². The highest BCUT2D eigenvalue weighted by Gasteiger charge is 2.17. The highest BCUT2D eigenvalue weighted by atomic mass is 19.2. The first-order valence-electron chi connectivity index (χ1n) is 5.03. The van der Waals surface area contributed by atoms with Gasteiger partial charge in [0.25, 0.3) is 0 Å². The molecule has 2 heterocycles. The lowest BCUT2D eigenvalue weighted by atomic mass is 10.2. The molecular weight excluding hydrogens is 212 g/mol. The van der Waals surface area contributed by atoms with Crippen LogP contribution < -0.4 is 0 Å². The van der Waals surface area contributed by atoms with E-state index in [0.717, 1.165) is 17.1 Å². The summed E-state index contributed by atoms with van der Waals surface area (Å²) in [5.41, 5.74) is 1.84. The highest BCUT2D eigenvalue weighted by molar-refractivity contribution is 6.05. The van der Waals surface area contributed by atoms with E-state index < -0.39 is 11.6 Å². The van der Waals surface area contributed by atoms with Crippen molar-refractivity contribution in [3.63, 3.8) is 0 Å². The van der Waals surface area contributed by atoms with Crippen LogP contribution in [0.1, 0.15) is 6.92 Å². The average Bonchev–Trinajstić information content (AvgIpc) is 2.83. The average molecular weight is 221 g/mol. The van der Waals surface area contributed by atoms with Gasteiger partial charge in [-0.1, -0.05) is 0 Å². The topological polar surface area (TPSA) is 33.6 Å². The zero-order valence-electron chi connectivity index (χ0n) is 8.59. The van der Waals surface area contributed by atoms with Crippen LogP contribution in [0.5, 0.6) is 0 Å². The zero-order chi connectivity index (χ0) is 11.3. The predicted molar refractivity (Wildman–Crippen MR) is 57.2 cm³/mol. The summed E-state index contributed by atoms with van der Waals surface area (Å²) in [7, 11) is 0. The number of hydrogen-bond donors (Lipinski definition) is 1. The third kappa shape index (κ3) is 0.973. The molecule has 0 amide bonds. The molecule has 0 radical (unpaired) electrons. The largest absolute Gasteiger partial charge is 0.336 e. The maximum absolute atomic E-state index is 13.7. The van der Waals surface area contributed by atoms with E-state index in [2.05, 4.69) is 10.2 Å². The van der Waals surface area contributed by atoms with Gasteiger partial charge in [0.2, 0.25) is 0 Å². The third-order valence-corrected chi connectivity index (χ3v) is 2.83. The van der Waals surface area contributed by atoms with Crippen molar-refractivity contribution in [2.24, 2.45) is 0 Å². The van der Waals surface area contributed by atoms with Gasteiger partial charge < -0.3 is 4.57 Å². The number of aromatic nitrogens is 3. The van der Waals surface area contributed by atoms with E-state index in [1.807, 2.05) is 6.92 Å². The summed E-state index contributed by atoms with van der Waals surface area (Å²) in [5, 5.41) is 7.37. The molecule has 0 aliphatic rings. The molecule has 0 spiro atoms. The Morgan fingerprint density at radius 1 is 1.38 bits per heavy atom. The van der Waals surface area contributed by atoms with Gasteiger partial charge in [-0.2, -0.15) is 5.10 Å². The van der Waals surface area contributed by atoms with Crippen LogP contribution in [0, 0.1) is 11.6 Å². The number of nitrogens with one attached hydrogen (secondary N) is 1. The Hall–Kier alpha value is -1.91. The fourth-order valence-corrected chi connectivity index (χ4v) is 2.14. The van der Waals surface area contributed by atoms with Gasteiger partial charge in [-0.05, 0) is 19.1 Å². The van der Waals surface area contributed by atoms with Crippen molar-refractivity contribution in [3.8, 4) is 0 Å². The number of benzene rings is 1. The molecule has 1 aromatic carbocycles. The van der Waals surface area contributed by atoms with Crippen LogP contribution in [0.25, 0.3) is 21.9 Å². The fraction of sp³-hybridized carbons (Fsp3) is 0.182. The number of halogens is 2. The minimum Gasteiger partial charge on any atom is -0.336 e. The number of nitrogens with zero attached hydrogens (tertiary/aromatic N) is 2. The van der Waals surface area contributed by atoms with Crippen molar-refractivity contribution < 1.29 is 8.78 Å². The van der Waals surface area contributed by atoms with E-state index in [-0.39, 0.29) is 0 Å². The van der Waals surface area contributed by atoms with Crippen molar-refractivity contribution in [1.29, 1.82) is 0 Å². The molecule has 0 atom stereocenters. The van der Waals surface area contributed by atoms with E-state index in [0.29, 0.717) is 17.4 Å². The van der Waals surface area contributed by atoms with Crippen LogP contribution in [0.15, 0.2) is 18.3 Å².